The molecule has 0 rings (SSSR count). The topological polar surface area (TPSA) is 237 Å². The number of hydrogen-bond donors (Lipinski definition) is 3. The molecule has 17 nitrogen and oxygen atoms in total. The lowest BCUT2D eigenvalue weighted by Gasteiger charge is -2.21. The molecule has 0 amide bonds. The van der Waals surface area contributed by atoms with Crippen molar-refractivity contribution in [3.05, 3.63) is 0 Å². The highest BCUT2D eigenvalue weighted by atomic mass is 31.2. The van der Waals surface area contributed by atoms with Crippen molar-refractivity contribution in [3.63, 3.8) is 0 Å². The Balaban J connectivity index is 5.20. The van der Waals surface area contributed by atoms with Gasteiger partial charge in [-0.3, -0.25) is 37.3 Å². The molecule has 630 valence electrons. The average molecular weight is 1550 g/mol. The summed E-state index contributed by atoms with van der Waals surface area (Å²) in [6, 6.07) is 0. The van der Waals surface area contributed by atoms with Crippen LogP contribution >= 0.6 is 15.6 Å². The van der Waals surface area contributed by atoms with Gasteiger partial charge in [-0.15, -0.1) is 0 Å². The first-order valence-electron chi connectivity index (χ1n) is 45.1. The molecule has 5 atom stereocenters. The van der Waals surface area contributed by atoms with Crippen LogP contribution in [0, 0.1) is 5.92 Å². The third kappa shape index (κ3) is 80.1. The standard InChI is InChI=1S/C87H170O17P2/c1-6-9-12-15-18-21-24-26-28-30-32-34-36-38-40-42-46-51-56-61-66-71-85(90)98-77-83(103-86(91)72-67-62-57-52-47-43-41-39-37-35-33-31-29-27-25-22-19-16-13-10-7-2)79-102-106(95,96)100-75-81(88)74-99-105(93,94)101-78-82(76-97-84(89)70-65-60-55-50-23-20-17-14-11-8-3)104-87(92)73-68-63-58-53-48-44-45-49-54-59-64-69-80(4)5/h80-83,88H,6-79H2,1-5H3,(H,93,94)(H,95,96)/t81-,82+,83+/m0/s1. The maximum Gasteiger partial charge on any atom is 0.472 e. The van der Waals surface area contributed by atoms with E-state index in [-0.39, 0.29) is 25.7 Å². The number of aliphatic hydroxyl groups is 1. The first kappa shape index (κ1) is 104. The van der Waals surface area contributed by atoms with Crippen molar-refractivity contribution in [2.24, 2.45) is 5.92 Å². The monoisotopic (exact) mass is 1550 g/mol. The number of ether oxygens (including phenoxy) is 4. The highest BCUT2D eigenvalue weighted by Gasteiger charge is 2.30. The van der Waals surface area contributed by atoms with Gasteiger partial charge in [-0.25, -0.2) is 9.13 Å². The molecule has 0 radical (unpaired) electrons. The van der Waals surface area contributed by atoms with Crippen LogP contribution in [0.15, 0.2) is 0 Å². The lowest BCUT2D eigenvalue weighted by atomic mass is 10.0. The minimum atomic E-state index is -4.97. The Kier molecular flexibility index (Phi) is 78.2. The second kappa shape index (κ2) is 79.7. The summed E-state index contributed by atoms with van der Waals surface area (Å²) in [5.41, 5.74) is 0. The number of hydrogen-bond acceptors (Lipinski definition) is 15. The Morgan fingerprint density at radius 2 is 0.434 bits per heavy atom. The quantitative estimate of drug-likeness (QED) is 0.0222. The van der Waals surface area contributed by atoms with E-state index in [9.17, 15) is 43.2 Å². The molecule has 0 aliphatic rings. The van der Waals surface area contributed by atoms with E-state index in [1.54, 1.807) is 0 Å². The van der Waals surface area contributed by atoms with E-state index in [2.05, 4.69) is 34.6 Å². The third-order valence-electron chi connectivity index (χ3n) is 20.5. The van der Waals surface area contributed by atoms with E-state index in [1.165, 1.54) is 295 Å². The molecule has 0 aromatic heterocycles. The summed E-state index contributed by atoms with van der Waals surface area (Å²) < 4.78 is 68.9. The first-order valence-corrected chi connectivity index (χ1v) is 48.1. The normalized spacial score (nSPS) is 13.7. The van der Waals surface area contributed by atoms with Crippen LogP contribution in [-0.2, 0) is 65.4 Å². The van der Waals surface area contributed by atoms with Crippen molar-refractivity contribution < 1.29 is 80.2 Å². The molecule has 3 N–H and O–H groups in total. The molecular formula is C87H170O17P2. The van der Waals surface area contributed by atoms with Crippen LogP contribution in [-0.4, -0.2) is 96.7 Å². The van der Waals surface area contributed by atoms with E-state index in [0.717, 1.165) is 95.8 Å². The summed E-state index contributed by atoms with van der Waals surface area (Å²) in [6.45, 7) is 7.35. The summed E-state index contributed by atoms with van der Waals surface area (Å²) in [7, 11) is -9.93. The number of unbranched alkanes of at least 4 members (excludes halogenated alkanes) is 59. The fourth-order valence-electron chi connectivity index (χ4n) is 13.6. The summed E-state index contributed by atoms with van der Waals surface area (Å²) in [5.74, 6) is -1.34. The van der Waals surface area contributed by atoms with Crippen molar-refractivity contribution in [3.8, 4) is 0 Å². The molecule has 0 fully saturated rings. The fourth-order valence-corrected chi connectivity index (χ4v) is 15.2. The van der Waals surface area contributed by atoms with Crippen molar-refractivity contribution in [2.45, 2.75) is 490 Å². The molecule has 0 saturated heterocycles. The summed E-state index contributed by atoms with van der Waals surface area (Å²) in [6.07, 6.45) is 73.8. The lowest BCUT2D eigenvalue weighted by Crippen LogP contribution is -2.30. The molecular weight excluding hydrogens is 1380 g/mol. The zero-order valence-electron chi connectivity index (χ0n) is 69.6. The van der Waals surface area contributed by atoms with Gasteiger partial charge in [-0.05, 0) is 31.6 Å². The van der Waals surface area contributed by atoms with E-state index in [4.69, 9.17) is 37.0 Å². The molecule has 106 heavy (non-hydrogen) atoms. The predicted octanol–water partition coefficient (Wildman–Crippen LogP) is 26.8. The molecule has 0 aliphatic heterocycles. The van der Waals surface area contributed by atoms with Crippen LogP contribution in [0.5, 0.6) is 0 Å². The average Bonchev–Trinajstić information content (AvgIpc) is 0.901. The van der Waals surface area contributed by atoms with Crippen molar-refractivity contribution in [1.82, 2.24) is 0 Å². The third-order valence-corrected chi connectivity index (χ3v) is 22.4. The van der Waals surface area contributed by atoms with Crippen LogP contribution in [0.25, 0.3) is 0 Å². The van der Waals surface area contributed by atoms with Crippen LogP contribution in [0.2, 0.25) is 0 Å². The number of rotatable bonds is 87. The molecule has 0 aromatic carbocycles. The Labute approximate surface area is 651 Å². The maximum atomic E-state index is 13.2. The van der Waals surface area contributed by atoms with E-state index in [0.29, 0.717) is 25.7 Å². The predicted molar refractivity (Wildman–Crippen MR) is 437 cm³/mol. The van der Waals surface area contributed by atoms with Crippen molar-refractivity contribution in [1.29, 1.82) is 0 Å². The summed E-state index contributed by atoms with van der Waals surface area (Å²) >= 11 is 0. The SMILES string of the molecule is CCCCCCCCCCCCCCCCCCCCCCCC(=O)OC[C@H](COP(=O)(O)OC[C@@H](O)COP(=O)(O)OC[C@@H](COC(=O)CCCCCCCCCCCC)OC(=O)CCCCCCCCCCCCCC(C)C)OC(=O)CCCCCCCCCCCCCCCCCCCCCCC. The first-order chi connectivity index (χ1) is 51.5. The van der Waals surface area contributed by atoms with Crippen LogP contribution < -0.4 is 0 Å². The number of carbonyl (C=O) groups is 4. The fraction of sp³-hybridized carbons (Fsp3) is 0.954. The summed E-state index contributed by atoms with van der Waals surface area (Å²) in [5, 5.41) is 10.7. The maximum absolute atomic E-state index is 13.2. The Morgan fingerprint density at radius 3 is 0.642 bits per heavy atom. The Hall–Kier alpha value is -1.94. The van der Waals surface area contributed by atoms with Gasteiger partial charge in [-0.2, -0.15) is 0 Å². The van der Waals surface area contributed by atoms with Crippen molar-refractivity contribution in [2.75, 3.05) is 39.6 Å². The van der Waals surface area contributed by atoms with E-state index >= 15 is 0 Å². The molecule has 0 aliphatic carbocycles. The molecule has 2 unspecified atom stereocenters. The smallest absolute Gasteiger partial charge is 0.462 e. The van der Waals surface area contributed by atoms with Gasteiger partial charge in [0.1, 0.15) is 19.3 Å². The molecule has 0 spiro atoms. The van der Waals surface area contributed by atoms with Gasteiger partial charge in [0.2, 0.25) is 0 Å². The molecule has 0 aromatic rings. The van der Waals surface area contributed by atoms with Crippen LogP contribution in [0.4, 0.5) is 0 Å². The van der Waals surface area contributed by atoms with Gasteiger partial charge in [0.05, 0.1) is 26.4 Å². The minimum Gasteiger partial charge on any atom is -0.462 e. The van der Waals surface area contributed by atoms with Gasteiger partial charge in [0, 0.05) is 25.7 Å². The van der Waals surface area contributed by atoms with Crippen molar-refractivity contribution >= 4 is 39.5 Å². The van der Waals surface area contributed by atoms with Crippen LogP contribution in [0.3, 0.4) is 0 Å². The molecule has 0 heterocycles. The van der Waals surface area contributed by atoms with Crippen LogP contribution in [0.1, 0.15) is 471 Å². The Morgan fingerprint density at radius 1 is 0.255 bits per heavy atom. The zero-order valence-corrected chi connectivity index (χ0v) is 71.4. The van der Waals surface area contributed by atoms with Gasteiger partial charge >= 0.3 is 39.5 Å². The van der Waals surface area contributed by atoms with E-state index < -0.39 is 97.5 Å². The molecule has 19 heteroatoms. The number of carbonyl (C=O) groups excluding carboxylic acids is 4. The second-order valence-corrected chi connectivity index (χ2v) is 34.7. The number of phosphoric ester groups is 2. The molecule has 0 saturated carbocycles. The Bertz CT molecular complexity index is 2010. The second-order valence-electron chi connectivity index (χ2n) is 31.8. The number of esters is 4. The van der Waals surface area contributed by atoms with Gasteiger partial charge in [-0.1, -0.05) is 420 Å². The lowest BCUT2D eigenvalue weighted by molar-refractivity contribution is -0.161. The minimum absolute atomic E-state index is 0.107. The van der Waals surface area contributed by atoms with Gasteiger partial charge < -0.3 is 33.8 Å². The summed E-state index contributed by atoms with van der Waals surface area (Å²) in [4.78, 5) is 73.2. The largest absolute Gasteiger partial charge is 0.472 e. The number of phosphoric acid groups is 2. The van der Waals surface area contributed by atoms with Gasteiger partial charge in [0.25, 0.3) is 0 Å². The number of aliphatic hydroxyl groups excluding tert-OH is 1. The van der Waals surface area contributed by atoms with E-state index in [1.807, 2.05) is 0 Å². The van der Waals surface area contributed by atoms with Gasteiger partial charge in [0.15, 0.2) is 12.2 Å². The highest BCUT2D eigenvalue weighted by Crippen LogP contribution is 2.45. The highest BCUT2D eigenvalue weighted by molar-refractivity contribution is 7.47. The molecule has 0 bridgehead atoms. The zero-order chi connectivity index (χ0) is 77.6.